The van der Waals surface area contributed by atoms with Crippen LogP contribution in [0.15, 0.2) is 24.3 Å². The summed E-state index contributed by atoms with van der Waals surface area (Å²) >= 11 is 0. The lowest BCUT2D eigenvalue weighted by Gasteiger charge is -2.34. The van der Waals surface area contributed by atoms with Gasteiger partial charge in [-0.25, -0.2) is 0 Å². The highest BCUT2D eigenvalue weighted by Gasteiger charge is 2.34. The third-order valence-electron chi connectivity index (χ3n) is 4.22. The molecule has 1 aromatic carbocycles. The number of rotatable bonds is 5. The summed E-state index contributed by atoms with van der Waals surface area (Å²) in [4.78, 5) is 12.8. The molecule has 0 saturated carbocycles. The monoisotopic (exact) mass is 331 g/mol. The number of carboxylic acid groups (broad SMARTS) is 1. The average molecular weight is 331 g/mol. The molecule has 0 aromatic heterocycles. The van der Waals surface area contributed by atoms with Gasteiger partial charge in [-0.2, -0.15) is 13.2 Å². The molecule has 0 spiro atoms. The first-order valence-corrected chi connectivity index (χ1v) is 7.55. The van der Waals surface area contributed by atoms with Crippen molar-refractivity contribution in [1.29, 1.82) is 0 Å². The van der Waals surface area contributed by atoms with E-state index in [9.17, 15) is 18.0 Å². The Hall–Kier alpha value is -1.76. The van der Waals surface area contributed by atoms with E-state index in [0.717, 1.165) is 6.07 Å². The maximum Gasteiger partial charge on any atom is 0.419 e. The number of alkyl halides is 3. The summed E-state index contributed by atoms with van der Waals surface area (Å²) in [5.74, 6) is -0.881. The standard InChI is InChI=1S/C16H20F3NO3/c1-11(15(21)22)20-8-6-12(7-9-20)10-23-14-5-3-2-4-13(14)16(17,18)19/h2-5,11-12H,6-10H2,1H3,(H,21,22). The average Bonchev–Trinajstić information content (AvgIpc) is 2.52. The quantitative estimate of drug-likeness (QED) is 0.900. The van der Waals surface area contributed by atoms with Crippen molar-refractivity contribution in [2.24, 2.45) is 5.92 Å². The normalized spacial score (nSPS) is 18.6. The predicted molar refractivity (Wildman–Crippen MR) is 78.3 cm³/mol. The van der Waals surface area contributed by atoms with E-state index in [1.807, 2.05) is 4.90 Å². The van der Waals surface area contributed by atoms with Crippen molar-refractivity contribution in [1.82, 2.24) is 4.90 Å². The zero-order valence-electron chi connectivity index (χ0n) is 12.8. The molecule has 1 saturated heterocycles. The largest absolute Gasteiger partial charge is 0.493 e. The number of nitrogens with zero attached hydrogens (tertiary/aromatic N) is 1. The van der Waals surface area contributed by atoms with Crippen molar-refractivity contribution in [3.8, 4) is 5.75 Å². The Morgan fingerprint density at radius 3 is 2.52 bits per heavy atom. The van der Waals surface area contributed by atoms with Crippen LogP contribution in [0.25, 0.3) is 0 Å². The summed E-state index contributed by atoms with van der Waals surface area (Å²) in [5.41, 5.74) is -0.767. The zero-order chi connectivity index (χ0) is 17.0. The van der Waals surface area contributed by atoms with Crippen LogP contribution in [0.1, 0.15) is 25.3 Å². The molecule has 0 amide bonds. The molecule has 0 aliphatic carbocycles. The highest BCUT2D eigenvalue weighted by atomic mass is 19.4. The van der Waals surface area contributed by atoms with E-state index < -0.39 is 23.8 Å². The number of piperidine rings is 1. The van der Waals surface area contributed by atoms with E-state index in [4.69, 9.17) is 9.84 Å². The second kappa shape index (κ2) is 7.21. The number of halogens is 3. The molecule has 1 atom stereocenters. The summed E-state index contributed by atoms with van der Waals surface area (Å²) in [5, 5.41) is 8.99. The molecule has 0 bridgehead atoms. The van der Waals surface area contributed by atoms with Crippen molar-refractivity contribution < 1.29 is 27.8 Å². The van der Waals surface area contributed by atoms with Crippen LogP contribution in [0.5, 0.6) is 5.75 Å². The topological polar surface area (TPSA) is 49.8 Å². The maximum absolute atomic E-state index is 12.9. The molecule has 4 nitrogen and oxygen atoms in total. The molecule has 1 N–H and O–H groups in total. The van der Waals surface area contributed by atoms with E-state index in [-0.39, 0.29) is 18.3 Å². The minimum Gasteiger partial charge on any atom is -0.493 e. The summed E-state index contributed by atoms with van der Waals surface area (Å²) < 4.78 is 44.1. The van der Waals surface area contributed by atoms with Crippen molar-refractivity contribution >= 4 is 5.97 Å². The van der Waals surface area contributed by atoms with Crippen LogP contribution in [0.3, 0.4) is 0 Å². The minimum atomic E-state index is -4.43. The minimum absolute atomic E-state index is 0.133. The van der Waals surface area contributed by atoms with E-state index >= 15 is 0 Å². The van der Waals surface area contributed by atoms with Crippen LogP contribution in [0.2, 0.25) is 0 Å². The van der Waals surface area contributed by atoms with Gasteiger partial charge in [0.2, 0.25) is 0 Å². The van der Waals surface area contributed by atoms with Gasteiger partial charge in [-0.15, -0.1) is 0 Å². The molecule has 1 heterocycles. The van der Waals surface area contributed by atoms with Crippen molar-refractivity contribution in [2.75, 3.05) is 19.7 Å². The number of hydrogen-bond acceptors (Lipinski definition) is 3. The van der Waals surface area contributed by atoms with Gasteiger partial charge in [-0.3, -0.25) is 9.69 Å². The van der Waals surface area contributed by atoms with Crippen LogP contribution < -0.4 is 4.74 Å². The number of hydrogen-bond donors (Lipinski definition) is 1. The Balaban J connectivity index is 1.88. The highest BCUT2D eigenvalue weighted by Crippen LogP contribution is 2.36. The summed E-state index contributed by atoms with van der Waals surface area (Å²) in [7, 11) is 0. The SMILES string of the molecule is CC(C(=O)O)N1CCC(COc2ccccc2C(F)(F)F)CC1. The molecule has 7 heteroatoms. The van der Waals surface area contributed by atoms with Gasteiger partial charge in [0.25, 0.3) is 0 Å². The van der Waals surface area contributed by atoms with Gasteiger partial charge in [-0.1, -0.05) is 12.1 Å². The Kier molecular flexibility index (Phi) is 5.51. The predicted octanol–water partition coefficient (Wildman–Crippen LogP) is 3.27. The van der Waals surface area contributed by atoms with E-state index in [1.165, 1.54) is 18.2 Å². The fraction of sp³-hybridized carbons (Fsp3) is 0.562. The second-order valence-electron chi connectivity index (χ2n) is 5.80. The summed E-state index contributed by atoms with van der Waals surface area (Å²) in [6, 6.07) is 4.64. The Morgan fingerprint density at radius 1 is 1.35 bits per heavy atom. The van der Waals surface area contributed by atoms with E-state index in [1.54, 1.807) is 6.92 Å². The lowest BCUT2D eigenvalue weighted by atomic mass is 9.96. The molecule has 1 aromatic rings. The van der Waals surface area contributed by atoms with Crippen LogP contribution in [0.4, 0.5) is 13.2 Å². The number of aliphatic carboxylic acids is 1. The number of likely N-dealkylation sites (tertiary alicyclic amines) is 1. The van der Waals surface area contributed by atoms with Gasteiger partial charge >= 0.3 is 12.1 Å². The van der Waals surface area contributed by atoms with Crippen LogP contribution in [-0.4, -0.2) is 41.7 Å². The number of carbonyl (C=O) groups is 1. The first kappa shape index (κ1) is 17.6. The molecule has 2 rings (SSSR count). The third kappa shape index (κ3) is 4.60. The smallest absolute Gasteiger partial charge is 0.419 e. The van der Waals surface area contributed by atoms with Gasteiger partial charge in [0.1, 0.15) is 11.8 Å². The Morgan fingerprint density at radius 2 is 1.96 bits per heavy atom. The van der Waals surface area contributed by atoms with Gasteiger partial charge in [0, 0.05) is 0 Å². The molecule has 23 heavy (non-hydrogen) atoms. The summed E-state index contributed by atoms with van der Waals surface area (Å²) in [6.07, 6.45) is -3.01. The molecule has 128 valence electrons. The molecule has 1 unspecified atom stereocenters. The van der Waals surface area contributed by atoms with Crippen LogP contribution in [0, 0.1) is 5.92 Å². The number of para-hydroxylation sites is 1. The van der Waals surface area contributed by atoms with Gasteiger partial charge < -0.3 is 9.84 Å². The fourth-order valence-electron chi connectivity index (χ4n) is 2.70. The van der Waals surface area contributed by atoms with Crippen molar-refractivity contribution in [3.05, 3.63) is 29.8 Å². The first-order chi connectivity index (χ1) is 10.8. The van der Waals surface area contributed by atoms with Crippen molar-refractivity contribution in [3.63, 3.8) is 0 Å². The third-order valence-corrected chi connectivity index (χ3v) is 4.22. The highest BCUT2D eigenvalue weighted by molar-refractivity contribution is 5.72. The molecule has 1 aliphatic heterocycles. The van der Waals surface area contributed by atoms with Crippen molar-refractivity contribution in [2.45, 2.75) is 32.0 Å². The van der Waals surface area contributed by atoms with E-state index in [0.29, 0.717) is 25.9 Å². The van der Waals surface area contributed by atoms with Gasteiger partial charge in [-0.05, 0) is 50.9 Å². The fourth-order valence-corrected chi connectivity index (χ4v) is 2.70. The molecule has 1 aliphatic rings. The maximum atomic E-state index is 12.9. The number of benzene rings is 1. The molecule has 1 fully saturated rings. The number of carboxylic acids is 1. The first-order valence-electron chi connectivity index (χ1n) is 7.55. The number of ether oxygens (including phenoxy) is 1. The zero-order valence-corrected chi connectivity index (χ0v) is 12.8. The van der Waals surface area contributed by atoms with Crippen LogP contribution in [-0.2, 0) is 11.0 Å². The Labute approximate surface area is 132 Å². The summed E-state index contributed by atoms with van der Waals surface area (Å²) in [6.45, 7) is 3.08. The lowest BCUT2D eigenvalue weighted by molar-refractivity contribution is -0.143. The van der Waals surface area contributed by atoms with Crippen LogP contribution >= 0.6 is 0 Å². The van der Waals surface area contributed by atoms with Gasteiger partial charge in [0.05, 0.1) is 12.2 Å². The molecular formula is C16H20F3NO3. The second-order valence-corrected chi connectivity index (χ2v) is 5.80. The Bertz CT molecular complexity index is 540. The lowest BCUT2D eigenvalue weighted by Crippen LogP contribution is -2.44. The van der Waals surface area contributed by atoms with Gasteiger partial charge in [0.15, 0.2) is 0 Å². The molecule has 0 radical (unpaired) electrons. The molecular weight excluding hydrogens is 311 g/mol. The van der Waals surface area contributed by atoms with E-state index in [2.05, 4.69) is 0 Å².